The normalized spacial score (nSPS) is 22.7. The molecule has 0 saturated heterocycles. The van der Waals surface area contributed by atoms with E-state index in [0.29, 0.717) is 12.2 Å². The van der Waals surface area contributed by atoms with Crippen molar-refractivity contribution in [2.24, 2.45) is 0 Å². The van der Waals surface area contributed by atoms with Crippen LogP contribution in [0.3, 0.4) is 0 Å². The molecule has 0 fully saturated rings. The molecule has 90 valence electrons. The zero-order valence-electron chi connectivity index (χ0n) is 9.61. The Labute approximate surface area is 101 Å². The van der Waals surface area contributed by atoms with Crippen molar-refractivity contribution in [3.63, 3.8) is 0 Å². The van der Waals surface area contributed by atoms with Gasteiger partial charge in [0.25, 0.3) is 0 Å². The van der Waals surface area contributed by atoms with Gasteiger partial charge in [-0.15, -0.1) is 0 Å². The molecule has 2 rings (SSSR count). The summed E-state index contributed by atoms with van der Waals surface area (Å²) in [6, 6.07) is 8.74. The monoisotopic (exact) mass is 250 g/mol. The molecule has 3 nitrogen and oxygen atoms in total. The molecule has 0 aliphatic heterocycles. The van der Waals surface area contributed by atoms with Crippen LogP contribution in [0.2, 0.25) is 0 Å². The van der Waals surface area contributed by atoms with E-state index in [-0.39, 0.29) is 0 Å². The third-order valence-corrected chi connectivity index (χ3v) is 4.35. The summed E-state index contributed by atoms with van der Waals surface area (Å²) in [6.45, 7) is 1.97. The Morgan fingerprint density at radius 2 is 2.06 bits per heavy atom. The van der Waals surface area contributed by atoms with E-state index in [0.717, 1.165) is 5.57 Å². The number of para-hydroxylation sites is 1. The molecule has 1 aromatic rings. The van der Waals surface area contributed by atoms with Crippen LogP contribution in [0.25, 0.3) is 0 Å². The highest BCUT2D eigenvalue weighted by atomic mass is 31.2. The van der Waals surface area contributed by atoms with Gasteiger partial charge in [-0.3, -0.25) is 0 Å². The molecule has 0 amide bonds. The van der Waals surface area contributed by atoms with E-state index in [9.17, 15) is 9.46 Å². The Hall–Kier alpha value is -1.31. The zero-order valence-corrected chi connectivity index (χ0v) is 10.5. The molecule has 0 aromatic heterocycles. The Balaban J connectivity index is 2.10. The van der Waals surface area contributed by atoms with E-state index in [4.69, 9.17) is 4.52 Å². The zero-order chi connectivity index (χ0) is 12.3. The lowest BCUT2D eigenvalue weighted by atomic mass is 10.1. The van der Waals surface area contributed by atoms with E-state index < -0.39 is 13.3 Å². The summed E-state index contributed by atoms with van der Waals surface area (Å²) in [4.78, 5) is 9.93. The highest BCUT2D eigenvalue weighted by Crippen LogP contribution is 2.50. The van der Waals surface area contributed by atoms with Crippen molar-refractivity contribution in [3.8, 4) is 5.75 Å². The first-order valence-electron chi connectivity index (χ1n) is 5.50. The second-order valence-corrected chi connectivity index (χ2v) is 6.05. The van der Waals surface area contributed by atoms with Crippen LogP contribution in [0, 0.1) is 0 Å². The van der Waals surface area contributed by atoms with Gasteiger partial charge in [0, 0.05) is 0 Å². The Morgan fingerprint density at radius 1 is 1.35 bits per heavy atom. The molecule has 0 radical (unpaired) electrons. The maximum Gasteiger partial charge on any atom is 0.383 e. The molecule has 17 heavy (non-hydrogen) atoms. The average Bonchev–Trinajstić information content (AvgIpc) is 2.30. The number of hydrogen-bond donors (Lipinski definition) is 1. The Morgan fingerprint density at radius 3 is 2.65 bits per heavy atom. The second kappa shape index (κ2) is 4.91. The summed E-state index contributed by atoms with van der Waals surface area (Å²) in [6.07, 6.45) is 6.09. The molecular weight excluding hydrogens is 235 g/mol. The van der Waals surface area contributed by atoms with Gasteiger partial charge in [0.15, 0.2) is 0 Å². The highest BCUT2D eigenvalue weighted by Gasteiger charge is 2.32. The van der Waals surface area contributed by atoms with Crippen molar-refractivity contribution in [1.29, 1.82) is 0 Å². The summed E-state index contributed by atoms with van der Waals surface area (Å²) in [7, 11) is -3.65. The van der Waals surface area contributed by atoms with Gasteiger partial charge in [-0.05, 0) is 25.5 Å². The van der Waals surface area contributed by atoms with E-state index in [1.165, 1.54) is 0 Å². The van der Waals surface area contributed by atoms with Gasteiger partial charge in [0.05, 0.1) is 5.66 Å². The van der Waals surface area contributed by atoms with E-state index in [1.54, 1.807) is 30.3 Å². The molecule has 2 atom stereocenters. The lowest BCUT2D eigenvalue weighted by molar-refractivity contribution is 0.371. The van der Waals surface area contributed by atoms with Crippen molar-refractivity contribution in [2.75, 3.05) is 0 Å². The third kappa shape index (κ3) is 3.09. The molecule has 1 aliphatic carbocycles. The van der Waals surface area contributed by atoms with Crippen LogP contribution in [-0.4, -0.2) is 10.6 Å². The molecule has 0 saturated carbocycles. The highest BCUT2D eigenvalue weighted by molar-refractivity contribution is 7.54. The van der Waals surface area contributed by atoms with Crippen LogP contribution >= 0.6 is 7.60 Å². The third-order valence-electron chi connectivity index (χ3n) is 2.66. The van der Waals surface area contributed by atoms with Gasteiger partial charge >= 0.3 is 7.60 Å². The molecule has 1 N–H and O–H groups in total. The van der Waals surface area contributed by atoms with Crippen LogP contribution in [-0.2, 0) is 4.57 Å². The Bertz CT molecular complexity index is 491. The van der Waals surface area contributed by atoms with Gasteiger partial charge < -0.3 is 9.42 Å². The molecule has 2 unspecified atom stereocenters. The SMILES string of the molecule is CC1=CCC(P(=O)(O)Oc2ccccc2)C=C1. The van der Waals surface area contributed by atoms with Crippen molar-refractivity contribution in [2.45, 2.75) is 19.0 Å². The van der Waals surface area contributed by atoms with Crippen LogP contribution in [0.4, 0.5) is 0 Å². The van der Waals surface area contributed by atoms with Crippen LogP contribution in [0.5, 0.6) is 5.75 Å². The lowest BCUT2D eigenvalue weighted by Crippen LogP contribution is -2.11. The summed E-state index contributed by atoms with van der Waals surface area (Å²) >= 11 is 0. The average molecular weight is 250 g/mol. The quantitative estimate of drug-likeness (QED) is 0.835. The molecular formula is C13H15O3P. The predicted octanol–water partition coefficient (Wildman–Crippen LogP) is 3.53. The van der Waals surface area contributed by atoms with Gasteiger partial charge in [-0.1, -0.05) is 42.0 Å². The smallest absolute Gasteiger partial charge is 0.383 e. The lowest BCUT2D eigenvalue weighted by Gasteiger charge is -2.21. The van der Waals surface area contributed by atoms with Gasteiger partial charge in [0.2, 0.25) is 0 Å². The molecule has 0 spiro atoms. The number of rotatable bonds is 3. The molecule has 0 bridgehead atoms. The minimum atomic E-state index is -3.65. The topological polar surface area (TPSA) is 46.5 Å². The van der Waals surface area contributed by atoms with Crippen LogP contribution in [0.1, 0.15) is 13.3 Å². The summed E-state index contributed by atoms with van der Waals surface area (Å²) in [5.41, 5.74) is 0.660. The number of allylic oxidation sites excluding steroid dienone is 4. The van der Waals surface area contributed by atoms with Crippen LogP contribution < -0.4 is 4.52 Å². The van der Waals surface area contributed by atoms with Crippen molar-refractivity contribution in [1.82, 2.24) is 0 Å². The van der Waals surface area contributed by atoms with Crippen molar-refractivity contribution < 1.29 is 14.0 Å². The summed E-state index contributed by atoms with van der Waals surface area (Å²) in [5, 5.41) is 0. The van der Waals surface area contributed by atoms with Gasteiger partial charge in [-0.2, -0.15) is 0 Å². The fourth-order valence-electron chi connectivity index (χ4n) is 1.66. The Kier molecular flexibility index (Phi) is 3.51. The van der Waals surface area contributed by atoms with Crippen molar-refractivity contribution in [3.05, 3.63) is 54.1 Å². The summed E-state index contributed by atoms with van der Waals surface area (Å²) in [5.74, 6) is 0.429. The molecule has 0 heterocycles. The maximum absolute atomic E-state index is 12.1. The molecule has 1 aromatic carbocycles. The molecule has 1 aliphatic rings. The van der Waals surface area contributed by atoms with E-state index in [1.807, 2.05) is 25.1 Å². The standard InChI is InChI=1S/C13H15O3P/c1-11-7-9-13(10-8-11)17(14,15)16-12-5-3-2-4-6-12/h2-9,13H,10H2,1H3,(H,14,15). The van der Waals surface area contributed by atoms with E-state index >= 15 is 0 Å². The fourth-order valence-corrected chi connectivity index (χ4v) is 2.89. The molecule has 4 heteroatoms. The minimum Gasteiger partial charge on any atom is -0.424 e. The van der Waals surface area contributed by atoms with Gasteiger partial charge in [0.1, 0.15) is 5.75 Å². The maximum atomic E-state index is 12.1. The first kappa shape index (κ1) is 12.2. The van der Waals surface area contributed by atoms with Gasteiger partial charge in [-0.25, -0.2) is 4.57 Å². The fraction of sp³-hybridized carbons (Fsp3) is 0.231. The van der Waals surface area contributed by atoms with Crippen LogP contribution in [0.15, 0.2) is 54.1 Å². The van der Waals surface area contributed by atoms with Crippen molar-refractivity contribution >= 4 is 7.60 Å². The minimum absolute atomic E-state index is 0.429. The number of hydrogen-bond acceptors (Lipinski definition) is 2. The number of benzene rings is 1. The van der Waals surface area contributed by atoms with E-state index in [2.05, 4.69) is 0 Å². The largest absolute Gasteiger partial charge is 0.424 e. The first-order valence-corrected chi connectivity index (χ1v) is 7.15. The predicted molar refractivity (Wildman–Crippen MR) is 68.2 cm³/mol. The second-order valence-electron chi connectivity index (χ2n) is 4.08. The summed E-state index contributed by atoms with van der Waals surface area (Å²) < 4.78 is 17.3. The first-order chi connectivity index (χ1) is 8.08.